The van der Waals surface area contributed by atoms with Crippen LogP contribution in [0.15, 0.2) is 23.1 Å². The highest BCUT2D eigenvalue weighted by Crippen LogP contribution is 2.37. The first kappa shape index (κ1) is 17.8. The SMILES string of the molecule is COC(=O)c1nc(-c2ccc(Cl)c(SCF)c2F)cc(N)c1Cl. The molecular formula is C14H10Cl2F2N2O2S. The molecule has 0 spiro atoms. The molecule has 0 fully saturated rings. The van der Waals surface area contributed by atoms with E-state index in [1.807, 2.05) is 0 Å². The Morgan fingerprint density at radius 2 is 2.13 bits per heavy atom. The van der Waals surface area contributed by atoms with Crippen LogP contribution in [-0.4, -0.2) is 24.1 Å². The summed E-state index contributed by atoms with van der Waals surface area (Å²) < 4.78 is 31.6. The van der Waals surface area contributed by atoms with Crippen molar-refractivity contribution in [3.05, 3.63) is 39.8 Å². The lowest BCUT2D eigenvalue weighted by Crippen LogP contribution is -2.08. The molecule has 0 aliphatic carbocycles. The summed E-state index contributed by atoms with van der Waals surface area (Å²) in [5.41, 5.74) is 5.60. The molecule has 0 saturated heterocycles. The number of halogens is 4. The van der Waals surface area contributed by atoms with Crippen LogP contribution in [0.25, 0.3) is 11.3 Å². The first-order valence-electron chi connectivity index (χ1n) is 6.12. The number of ether oxygens (including phenoxy) is 1. The zero-order valence-electron chi connectivity index (χ0n) is 11.7. The Balaban J connectivity index is 2.65. The van der Waals surface area contributed by atoms with Crippen LogP contribution in [0, 0.1) is 5.82 Å². The molecule has 0 saturated carbocycles. The molecule has 2 aromatic rings. The number of nitrogens with zero attached hydrogens (tertiary/aromatic N) is 1. The van der Waals surface area contributed by atoms with Gasteiger partial charge in [0.1, 0.15) is 11.8 Å². The van der Waals surface area contributed by atoms with Crippen molar-refractivity contribution in [1.29, 1.82) is 0 Å². The number of benzene rings is 1. The third-order valence-corrected chi connectivity index (χ3v) is 4.51. The van der Waals surface area contributed by atoms with Gasteiger partial charge < -0.3 is 10.5 Å². The Kier molecular flexibility index (Phi) is 5.67. The maximum Gasteiger partial charge on any atom is 0.358 e. The summed E-state index contributed by atoms with van der Waals surface area (Å²) in [6.07, 6.45) is 0. The molecule has 9 heteroatoms. The van der Waals surface area contributed by atoms with Crippen LogP contribution in [-0.2, 0) is 4.74 Å². The van der Waals surface area contributed by atoms with Crippen molar-refractivity contribution in [2.24, 2.45) is 0 Å². The molecule has 4 nitrogen and oxygen atoms in total. The number of hydrogen-bond donors (Lipinski definition) is 1. The van der Waals surface area contributed by atoms with Crippen molar-refractivity contribution >= 4 is 46.6 Å². The molecule has 0 atom stereocenters. The van der Waals surface area contributed by atoms with Crippen LogP contribution in [0.1, 0.15) is 10.5 Å². The Morgan fingerprint density at radius 1 is 1.43 bits per heavy atom. The van der Waals surface area contributed by atoms with Crippen molar-refractivity contribution < 1.29 is 18.3 Å². The molecule has 0 radical (unpaired) electrons. The average molecular weight is 379 g/mol. The van der Waals surface area contributed by atoms with Crippen LogP contribution in [0.2, 0.25) is 10.0 Å². The predicted octanol–water partition coefficient (Wildman–Crippen LogP) is 4.58. The number of carbonyl (C=O) groups is 1. The lowest BCUT2D eigenvalue weighted by Gasteiger charge is -2.11. The second kappa shape index (κ2) is 7.33. The van der Waals surface area contributed by atoms with E-state index in [2.05, 4.69) is 9.72 Å². The Hall–Kier alpha value is -1.57. The highest BCUT2D eigenvalue weighted by atomic mass is 35.5. The fraction of sp³-hybridized carbons (Fsp3) is 0.143. The summed E-state index contributed by atoms with van der Waals surface area (Å²) in [7, 11) is 1.15. The number of alkyl halides is 1. The largest absolute Gasteiger partial charge is 0.464 e. The van der Waals surface area contributed by atoms with Gasteiger partial charge in [0.2, 0.25) is 0 Å². The molecule has 0 amide bonds. The third kappa shape index (κ3) is 3.52. The molecule has 122 valence electrons. The maximum absolute atomic E-state index is 14.6. The van der Waals surface area contributed by atoms with Gasteiger partial charge in [0.15, 0.2) is 5.69 Å². The minimum Gasteiger partial charge on any atom is -0.464 e. The van der Waals surface area contributed by atoms with Crippen molar-refractivity contribution in [3.63, 3.8) is 0 Å². The van der Waals surface area contributed by atoms with Crippen LogP contribution in [0.5, 0.6) is 0 Å². The van der Waals surface area contributed by atoms with Gasteiger partial charge in [0.25, 0.3) is 0 Å². The second-order valence-electron chi connectivity index (χ2n) is 4.24. The van der Waals surface area contributed by atoms with Crippen LogP contribution in [0.4, 0.5) is 14.5 Å². The smallest absolute Gasteiger partial charge is 0.358 e. The fourth-order valence-corrected chi connectivity index (χ4v) is 2.87. The number of pyridine rings is 1. The van der Waals surface area contributed by atoms with Gasteiger partial charge in [-0.05, 0) is 18.2 Å². The zero-order chi connectivity index (χ0) is 17.1. The molecule has 0 bridgehead atoms. The van der Waals surface area contributed by atoms with Crippen molar-refractivity contribution in [1.82, 2.24) is 4.98 Å². The number of nitrogen functional groups attached to an aromatic ring is 1. The number of hydrogen-bond acceptors (Lipinski definition) is 5. The maximum atomic E-state index is 14.6. The molecule has 2 rings (SSSR count). The van der Waals surface area contributed by atoms with Gasteiger partial charge in [-0.1, -0.05) is 35.0 Å². The van der Waals surface area contributed by atoms with Crippen molar-refractivity contribution in [3.8, 4) is 11.3 Å². The molecule has 2 N–H and O–H groups in total. The highest BCUT2D eigenvalue weighted by Gasteiger charge is 2.21. The summed E-state index contributed by atoms with van der Waals surface area (Å²) in [5.74, 6) is -1.57. The van der Waals surface area contributed by atoms with E-state index in [1.165, 1.54) is 18.2 Å². The normalized spacial score (nSPS) is 10.7. The lowest BCUT2D eigenvalue weighted by atomic mass is 10.1. The topological polar surface area (TPSA) is 65.2 Å². The van der Waals surface area contributed by atoms with E-state index in [4.69, 9.17) is 28.9 Å². The molecule has 1 heterocycles. The van der Waals surface area contributed by atoms with E-state index in [-0.39, 0.29) is 37.6 Å². The second-order valence-corrected chi connectivity index (χ2v) is 5.94. The van der Waals surface area contributed by atoms with Crippen LogP contribution < -0.4 is 5.73 Å². The van der Waals surface area contributed by atoms with E-state index >= 15 is 0 Å². The quantitative estimate of drug-likeness (QED) is 0.622. The molecule has 1 aromatic carbocycles. The average Bonchev–Trinajstić information content (AvgIpc) is 2.53. The zero-order valence-corrected chi connectivity index (χ0v) is 14.0. The number of thioether (sulfide) groups is 1. The summed E-state index contributed by atoms with van der Waals surface area (Å²) >= 11 is 12.4. The van der Waals surface area contributed by atoms with E-state index in [0.29, 0.717) is 11.8 Å². The molecular weight excluding hydrogens is 369 g/mol. The number of anilines is 1. The van der Waals surface area contributed by atoms with Crippen LogP contribution in [0.3, 0.4) is 0 Å². The van der Waals surface area contributed by atoms with E-state index in [0.717, 1.165) is 7.11 Å². The van der Waals surface area contributed by atoms with Crippen molar-refractivity contribution in [2.75, 3.05) is 18.9 Å². The van der Waals surface area contributed by atoms with E-state index < -0.39 is 17.8 Å². The van der Waals surface area contributed by atoms with Gasteiger partial charge in [-0.2, -0.15) is 0 Å². The van der Waals surface area contributed by atoms with Crippen molar-refractivity contribution in [2.45, 2.75) is 4.90 Å². The first-order chi connectivity index (χ1) is 10.9. The third-order valence-electron chi connectivity index (χ3n) is 2.89. The summed E-state index contributed by atoms with van der Waals surface area (Å²) in [5, 5.41) is -0.0163. The number of methoxy groups -OCH3 is 1. The molecule has 1 aromatic heterocycles. The predicted molar refractivity (Wildman–Crippen MR) is 87.2 cm³/mol. The minimum absolute atomic E-state index is 0.0128. The van der Waals surface area contributed by atoms with Gasteiger partial charge in [0.05, 0.1) is 33.4 Å². The number of nitrogens with two attached hydrogens (primary N) is 1. The molecule has 0 aliphatic heterocycles. The highest BCUT2D eigenvalue weighted by molar-refractivity contribution is 7.99. The van der Waals surface area contributed by atoms with Gasteiger partial charge >= 0.3 is 5.97 Å². The van der Waals surface area contributed by atoms with Crippen LogP contribution >= 0.6 is 35.0 Å². The van der Waals surface area contributed by atoms with Gasteiger partial charge in [-0.15, -0.1) is 0 Å². The molecule has 0 unspecified atom stereocenters. The van der Waals surface area contributed by atoms with Gasteiger partial charge in [-0.25, -0.2) is 18.6 Å². The summed E-state index contributed by atoms with van der Waals surface area (Å²) in [6, 6.07) is 3.23. The summed E-state index contributed by atoms with van der Waals surface area (Å²) in [6.45, 7) is 0. The number of aromatic nitrogens is 1. The number of rotatable bonds is 4. The Morgan fingerprint density at radius 3 is 2.74 bits per heavy atom. The summed E-state index contributed by atoms with van der Waals surface area (Å²) in [4.78, 5) is 15.6. The molecule has 23 heavy (non-hydrogen) atoms. The lowest BCUT2D eigenvalue weighted by molar-refractivity contribution is 0.0594. The number of esters is 1. The first-order valence-corrected chi connectivity index (χ1v) is 7.86. The van der Waals surface area contributed by atoms with E-state index in [1.54, 1.807) is 0 Å². The standard InChI is InChI=1S/C14H10Cl2F2N2O2S/c1-22-14(21)12-10(16)8(19)4-9(20-12)6-2-3-7(15)13(11(6)18)23-5-17/h2-4H,5H2,1H3,(H2,19,20). The van der Waals surface area contributed by atoms with Gasteiger partial charge in [-0.3, -0.25) is 0 Å². The number of carbonyl (C=O) groups excluding carboxylic acids is 1. The Bertz CT molecular complexity index is 775. The molecule has 0 aliphatic rings. The minimum atomic E-state index is -0.844. The van der Waals surface area contributed by atoms with Gasteiger partial charge in [0, 0.05) is 5.56 Å². The van der Waals surface area contributed by atoms with E-state index in [9.17, 15) is 13.6 Å². The monoisotopic (exact) mass is 378 g/mol. The fourth-order valence-electron chi connectivity index (χ4n) is 1.84. The Labute approximate surface area is 144 Å².